The van der Waals surface area contributed by atoms with E-state index in [1.54, 1.807) is 0 Å². The van der Waals surface area contributed by atoms with Crippen molar-refractivity contribution in [3.8, 4) is 0 Å². The van der Waals surface area contributed by atoms with E-state index >= 15 is 0 Å². The molecule has 0 saturated heterocycles. The lowest BCUT2D eigenvalue weighted by Crippen LogP contribution is -2.22. The summed E-state index contributed by atoms with van der Waals surface area (Å²) in [7, 11) is 2.13. The van der Waals surface area contributed by atoms with Gasteiger partial charge in [0, 0.05) is 19.3 Å². The Balaban J connectivity index is 2.20. The van der Waals surface area contributed by atoms with Crippen LogP contribution in [0.4, 0.5) is 5.82 Å². The Morgan fingerprint density at radius 1 is 1.57 bits per heavy atom. The number of nitrogens with two attached hydrogens (primary N) is 1. The first kappa shape index (κ1) is 9.46. The Hall–Kier alpha value is -1.09. The molecule has 14 heavy (non-hydrogen) atoms. The third kappa shape index (κ3) is 1.87. The van der Waals surface area contributed by atoms with Gasteiger partial charge in [0.15, 0.2) is 0 Å². The van der Waals surface area contributed by atoms with Gasteiger partial charge in [0.05, 0.1) is 0 Å². The fraction of sp³-hybridized carbons (Fsp3) is 0.545. The maximum absolute atomic E-state index is 5.58. The summed E-state index contributed by atoms with van der Waals surface area (Å²) >= 11 is 0. The lowest BCUT2D eigenvalue weighted by Gasteiger charge is -2.20. The van der Waals surface area contributed by atoms with Crippen LogP contribution in [0.1, 0.15) is 18.4 Å². The van der Waals surface area contributed by atoms with E-state index in [4.69, 9.17) is 5.73 Å². The molecule has 0 unspecified atom stereocenters. The lowest BCUT2D eigenvalue weighted by molar-refractivity contribution is 0.862. The zero-order chi connectivity index (χ0) is 9.97. The molecule has 0 aliphatic heterocycles. The van der Waals surface area contributed by atoms with E-state index in [2.05, 4.69) is 23.0 Å². The average Bonchev–Trinajstić information content (AvgIpc) is 3.01. The molecule has 1 saturated carbocycles. The number of aromatic nitrogens is 1. The van der Waals surface area contributed by atoms with Gasteiger partial charge >= 0.3 is 0 Å². The van der Waals surface area contributed by atoms with Gasteiger partial charge in [-0.15, -0.1) is 0 Å². The van der Waals surface area contributed by atoms with Crippen molar-refractivity contribution < 1.29 is 0 Å². The fourth-order valence-corrected chi connectivity index (χ4v) is 1.73. The number of rotatable bonds is 4. The summed E-state index contributed by atoms with van der Waals surface area (Å²) in [5, 5.41) is 0. The highest BCUT2D eigenvalue weighted by Gasteiger charge is 2.27. The number of hydrogen-bond acceptors (Lipinski definition) is 3. The van der Waals surface area contributed by atoms with Crippen LogP contribution in [-0.2, 0) is 6.42 Å². The molecule has 0 atom stereocenters. The van der Waals surface area contributed by atoms with Gasteiger partial charge in [-0.2, -0.15) is 0 Å². The molecule has 1 aromatic heterocycles. The predicted molar refractivity (Wildman–Crippen MR) is 58.4 cm³/mol. The third-order valence-corrected chi connectivity index (χ3v) is 2.71. The van der Waals surface area contributed by atoms with Gasteiger partial charge in [-0.05, 0) is 37.4 Å². The predicted octanol–water partition coefficient (Wildman–Crippen LogP) is 1.18. The normalized spacial score (nSPS) is 15.6. The minimum absolute atomic E-state index is 0.692. The van der Waals surface area contributed by atoms with E-state index in [-0.39, 0.29) is 0 Å². The van der Waals surface area contributed by atoms with Crippen LogP contribution in [0.15, 0.2) is 18.3 Å². The molecule has 1 heterocycles. The first-order valence-electron chi connectivity index (χ1n) is 5.19. The smallest absolute Gasteiger partial charge is 0.131 e. The Morgan fingerprint density at radius 3 is 3.00 bits per heavy atom. The topological polar surface area (TPSA) is 42.2 Å². The molecular weight excluding hydrogens is 174 g/mol. The third-order valence-electron chi connectivity index (χ3n) is 2.71. The summed E-state index contributed by atoms with van der Waals surface area (Å²) in [6.07, 6.45) is 5.37. The van der Waals surface area contributed by atoms with Crippen molar-refractivity contribution in [3.05, 3.63) is 23.9 Å². The first-order valence-corrected chi connectivity index (χ1v) is 5.19. The number of hydrogen-bond donors (Lipinski definition) is 1. The van der Waals surface area contributed by atoms with Crippen LogP contribution < -0.4 is 10.6 Å². The molecule has 2 rings (SSSR count). The monoisotopic (exact) mass is 191 g/mol. The van der Waals surface area contributed by atoms with E-state index in [1.807, 2.05) is 12.3 Å². The zero-order valence-electron chi connectivity index (χ0n) is 8.61. The lowest BCUT2D eigenvalue weighted by atomic mass is 10.2. The second kappa shape index (κ2) is 3.96. The molecule has 0 radical (unpaired) electrons. The van der Waals surface area contributed by atoms with Crippen molar-refractivity contribution in [3.63, 3.8) is 0 Å². The Kier molecular flexibility index (Phi) is 2.68. The van der Waals surface area contributed by atoms with Crippen LogP contribution in [-0.4, -0.2) is 24.6 Å². The second-order valence-electron chi connectivity index (χ2n) is 3.87. The largest absolute Gasteiger partial charge is 0.356 e. The van der Waals surface area contributed by atoms with E-state index < -0.39 is 0 Å². The van der Waals surface area contributed by atoms with Gasteiger partial charge in [0.2, 0.25) is 0 Å². The van der Waals surface area contributed by atoms with Crippen molar-refractivity contribution in [2.45, 2.75) is 25.3 Å². The summed E-state index contributed by atoms with van der Waals surface area (Å²) in [4.78, 5) is 6.71. The molecule has 0 amide bonds. The van der Waals surface area contributed by atoms with Gasteiger partial charge in [-0.3, -0.25) is 0 Å². The highest BCUT2D eigenvalue weighted by atomic mass is 15.2. The van der Waals surface area contributed by atoms with Crippen LogP contribution in [0.25, 0.3) is 0 Å². The van der Waals surface area contributed by atoms with E-state index in [9.17, 15) is 0 Å². The second-order valence-corrected chi connectivity index (χ2v) is 3.87. The van der Waals surface area contributed by atoms with Crippen LogP contribution >= 0.6 is 0 Å². The number of nitrogens with zero attached hydrogens (tertiary/aromatic N) is 2. The minimum Gasteiger partial charge on any atom is -0.356 e. The van der Waals surface area contributed by atoms with Crippen LogP contribution in [0.5, 0.6) is 0 Å². The maximum atomic E-state index is 5.58. The molecule has 76 valence electrons. The first-order chi connectivity index (χ1) is 6.83. The summed E-state index contributed by atoms with van der Waals surface area (Å²) in [6, 6.07) is 4.81. The van der Waals surface area contributed by atoms with Gasteiger partial charge in [-0.25, -0.2) is 4.98 Å². The molecule has 0 spiro atoms. The van der Waals surface area contributed by atoms with Crippen molar-refractivity contribution in [2.75, 3.05) is 18.5 Å². The Morgan fingerprint density at radius 2 is 2.36 bits per heavy atom. The number of pyridine rings is 1. The molecule has 3 nitrogen and oxygen atoms in total. The van der Waals surface area contributed by atoms with Gasteiger partial charge in [-0.1, -0.05) is 6.07 Å². The van der Waals surface area contributed by atoms with Gasteiger partial charge in [0.25, 0.3) is 0 Å². The average molecular weight is 191 g/mol. The fourth-order valence-electron chi connectivity index (χ4n) is 1.73. The molecular formula is C11H17N3. The van der Waals surface area contributed by atoms with E-state index in [0.29, 0.717) is 12.6 Å². The zero-order valence-corrected chi connectivity index (χ0v) is 8.61. The summed E-state index contributed by atoms with van der Waals surface area (Å²) in [5.41, 5.74) is 6.84. The highest BCUT2D eigenvalue weighted by Crippen LogP contribution is 2.30. The van der Waals surface area contributed by atoms with E-state index in [1.165, 1.54) is 18.4 Å². The molecule has 1 aliphatic rings. The molecule has 3 heteroatoms. The summed E-state index contributed by atoms with van der Waals surface area (Å²) in [5.74, 6) is 1.11. The Labute approximate surface area is 84.9 Å². The van der Waals surface area contributed by atoms with Crippen LogP contribution in [0, 0.1) is 0 Å². The Bertz CT molecular complexity index is 307. The van der Waals surface area contributed by atoms with Gasteiger partial charge < -0.3 is 10.6 Å². The minimum atomic E-state index is 0.692. The number of anilines is 1. The van der Waals surface area contributed by atoms with Crippen molar-refractivity contribution in [1.82, 2.24) is 4.98 Å². The van der Waals surface area contributed by atoms with E-state index in [0.717, 1.165) is 12.2 Å². The molecule has 0 aromatic carbocycles. The standard InChI is InChI=1S/C11H17N3/c1-14(10-4-5-10)11-9(6-7-12)3-2-8-13-11/h2-3,8,10H,4-7,12H2,1H3. The van der Waals surface area contributed by atoms with Gasteiger partial charge in [0.1, 0.15) is 5.82 Å². The SMILES string of the molecule is CN(c1ncccc1CCN)C1CC1. The summed E-state index contributed by atoms with van der Waals surface area (Å²) < 4.78 is 0. The highest BCUT2D eigenvalue weighted by molar-refractivity contribution is 5.48. The molecule has 1 fully saturated rings. The van der Waals surface area contributed by atoms with Crippen molar-refractivity contribution in [1.29, 1.82) is 0 Å². The summed E-state index contributed by atoms with van der Waals surface area (Å²) in [6.45, 7) is 0.692. The molecule has 0 bridgehead atoms. The molecule has 2 N–H and O–H groups in total. The van der Waals surface area contributed by atoms with Crippen molar-refractivity contribution >= 4 is 5.82 Å². The molecule has 1 aromatic rings. The van der Waals surface area contributed by atoms with Crippen LogP contribution in [0.2, 0.25) is 0 Å². The van der Waals surface area contributed by atoms with Crippen LogP contribution in [0.3, 0.4) is 0 Å². The molecule has 1 aliphatic carbocycles. The van der Waals surface area contributed by atoms with Crippen molar-refractivity contribution in [2.24, 2.45) is 5.73 Å². The maximum Gasteiger partial charge on any atom is 0.131 e. The quantitative estimate of drug-likeness (QED) is 0.777.